The number of halogens is 2. The summed E-state index contributed by atoms with van der Waals surface area (Å²) in [6, 6.07) is 3.94. The fourth-order valence-corrected chi connectivity index (χ4v) is 2.78. The summed E-state index contributed by atoms with van der Waals surface area (Å²) in [6.07, 6.45) is 0.851. The van der Waals surface area contributed by atoms with Crippen LogP contribution in [0.2, 0.25) is 0 Å². The van der Waals surface area contributed by atoms with Gasteiger partial charge in [0.25, 0.3) is 5.91 Å². The van der Waals surface area contributed by atoms with Crippen LogP contribution in [0.1, 0.15) is 18.9 Å². The van der Waals surface area contributed by atoms with Crippen LogP contribution >= 0.6 is 31.9 Å². The number of alkyl halides is 1. The molecule has 1 aliphatic rings. The van der Waals surface area contributed by atoms with Crippen LogP contribution < -0.4 is 4.90 Å². The lowest BCUT2D eigenvalue weighted by Gasteiger charge is -2.34. The first-order valence-electron chi connectivity index (χ1n) is 5.78. The molecule has 1 saturated heterocycles. The second kappa shape index (κ2) is 6.12. The minimum absolute atomic E-state index is 0.0285. The molecule has 0 radical (unpaired) electrons. The van der Waals surface area contributed by atoms with Crippen LogP contribution in [0.5, 0.6) is 0 Å². The maximum absolute atomic E-state index is 12.0. The topological polar surface area (TPSA) is 42.4 Å². The van der Waals surface area contributed by atoms with Crippen LogP contribution in [0, 0.1) is 0 Å². The predicted octanol–water partition coefficient (Wildman–Crippen LogP) is 2.88. The Kier molecular flexibility index (Phi) is 4.75. The normalized spacial score (nSPS) is 20.3. The zero-order valence-electron chi connectivity index (χ0n) is 10.0. The highest BCUT2D eigenvalue weighted by Crippen LogP contribution is 2.24. The first kappa shape index (κ1) is 14.0. The van der Waals surface area contributed by atoms with E-state index in [0.29, 0.717) is 12.4 Å². The third-order valence-corrected chi connectivity index (χ3v) is 3.94. The fraction of sp³-hybridized carbons (Fsp3) is 0.500. The van der Waals surface area contributed by atoms with Crippen molar-refractivity contribution >= 4 is 43.6 Å². The number of hydrogen-bond acceptors (Lipinski definition) is 3. The van der Waals surface area contributed by atoms with Gasteiger partial charge in [0.1, 0.15) is 17.0 Å². The number of pyridine rings is 1. The Hall–Kier alpha value is -0.460. The lowest BCUT2D eigenvalue weighted by atomic mass is 10.1. The molecule has 2 heterocycles. The smallest absolute Gasteiger partial charge is 0.254 e. The van der Waals surface area contributed by atoms with Crippen molar-refractivity contribution in [1.82, 2.24) is 4.98 Å². The highest BCUT2D eigenvalue weighted by atomic mass is 79.9. The third-order valence-electron chi connectivity index (χ3n) is 2.88. The molecule has 0 saturated carbocycles. The van der Waals surface area contributed by atoms with Crippen molar-refractivity contribution in [2.75, 3.05) is 18.1 Å². The summed E-state index contributed by atoms with van der Waals surface area (Å²) in [7, 11) is 0. The molecule has 0 aliphatic carbocycles. The number of carbonyl (C=O) groups is 1. The summed E-state index contributed by atoms with van der Waals surface area (Å²) in [5.41, 5.74) is 1.08. The van der Waals surface area contributed by atoms with E-state index in [1.54, 1.807) is 4.90 Å². The number of amides is 1. The molecule has 1 aliphatic heterocycles. The van der Waals surface area contributed by atoms with E-state index in [2.05, 4.69) is 36.8 Å². The molecule has 6 heteroatoms. The van der Waals surface area contributed by atoms with Crippen molar-refractivity contribution in [2.45, 2.75) is 24.7 Å². The molecule has 0 bridgehead atoms. The molecule has 0 unspecified atom stereocenters. The monoisotopic (exact) mass is 376 g/mol. The molecule has 1 fully saturated rings. The molecule has 4 nitrogen and oxygen atoms in total. The van der Waals surface area contributed by atoms with Crippen LogP contribution in [0.25, 0.3) is 0 Å². The molecule has 98 valence electrons. The van der Waals surface area contributed by atoms with Gasteiger partial charge in [0.2, 0.25) is 0 Å². The number of rotatable bonds is 3. The van der Waals surface area contributed by atoms with Crippen molar-refractivity contribution in [3.63, 3.8) is 0 Å². The van der Waals surface area contributed by atoms with Gasteiger partial charge < -0.3 is 4.74 Å². The summed E-state index contributed by atoms with van der Waals surface area (Å²) in [4.78, 5) is 18.2. The number of morpholine rings is 1. The quantitative estimate of drug-likeness (QED) is 0.600. The Morgan fingerprint density at radius 3 is 3.00 bits per heavy atom. The van der Waals surface area contributed by atoms with Crippen molar-refractivity contribution in [1.29, 1.82) is 0 Å². The minimum atomic E-state index is -0.0285. The van der Waals surface area contributed by atoms with E-state index in [9.17, 15) is 4.79 Å². The first-order valence-corrected chi connectivity index (χ1v) is 7.69. The number of hydrogen-bond donors (Lipinski definition) is 0. The molecule has 2 rings (SSSR count). The summed E-state index contributed by atoms with van der Waals surface area (Å²) in [6.45, 7) is 2.75. The van der Waals surface area contributed by atoms with Gasteiger partial charge in [-0.2, -0.15) is 0 Å². The van der Waals surface area contributed by atoms with Crippen LogP contribution in [0.4, 0.5) is 5.82 Å². The average molecular weight is 378 g/mol. The SMILES string of the molecule is CC[C@H]1COCC(=O)N1c1cc(CBr)cc(Br)n1. The molecule has 0 aromatic carbocycles. The van der Waals surface area contributed by atoms with Gasteiger partial charge in [0.05, 0.1) is 12.6 Å². The van der Waals surface area contributed by atoms with Crippen molar-refractivity contribution in [3.05, 3.63) is 22.3 Å². The van der Waals surface area contributed by atoms with Gasteiger partial charge in [-0.05, 0) is 40.0 Å². The minimum Gasteiger partial charge on any atom is -0.369 e. The number of anilines is 1. The van der Waals surface area contributed by atoms with Crippen molar-refractivity contribution in [3.8, 4) is 0 Å². The molecule has 1 atom stereocenters. The highest BCUT2D eigenvalue weighted by molar-refractivity contribution is 9.10. The number of ether oxygens (including phenoxy) is 1. The molecule has 0 spiro atoms. The van der Waals surface area contributed by atoms with E-state index in [1.165, 1.54) is 0 Å². The Bertz CT molecular complexity index is 454. The Balaban J connectivity index is 2.38. The summed E-state index contributed by atoms with van der Waals surface area (Å²) >= 11 is 6.80. The second-order valence-corrected chi connectivity index (χ2v) is 5.50. The van der Waals surface area contributed by atoms with E-state index in [4.69, 9.17) is 4.74 Å². The van der Waals surface area contributed by atoms with Crippen LogP contribution in [-0.4, -0.2) is 30.1 Å². The predicted molar refractivity (Wildman–Crippen MR) is 77.0 cm³/mol. The summed E-state index contributed by atoms with van der Waals surface area (Å²) in [5, 5.41) is 0.733. The van der Waals surface area contributed by atoms with E-state index < -0.39 is 0 Å². The zero-order chi connectivity index (χ0) is 13.1. The number of carbonyl (C=O) groups excluding carboxylic acids is 1. The van der Waals surface area contributed by atoms with Crippen molar-refractivity contribution < 1.29 is 9.53 Å². The van der Waals surface area contributed by atoms with Gasteiger partial charge in [0.15, 0.2) is 0 Å². The maximum atomic E-state index is 12.0. The van der Waals surface area contributed by atoms with Crippen molar-refractivity contribution in [2.24, 2.45) is 0 Å². The Morgan fingerprint density at radius 2 is 2.33 bits per heavy atom. The average Bonchev–Trinajstić information content (AvgIpc) is 2.37. The lowest BCUT2D eigenvalue weighted by Crippen LogP contribution is -2.49. The Labute approximate surface area is 123 Å². The summed E-state index contributed by atoms with van der Waals surface area (Å²) in [5.74, 6) is 0.665. The van der Waals surface area contributed by atoms with Crippen LogP contribution in [0.15, 0.2) is 16.7 Å². The Morgan fingerprint density at radius 1 is 1.56 bits per heavy atom. The van der Waals surface area contributed by atoms with E-state index in [1.807, 2.05) is 19.1 Å². The molecule has 1 aromatic rings. The van der Waals surface area contributed by atoms with Gasteiger partial charge in [-0.3, -0.25) is 9.69 Å². The number of nitrogens with zero attached hydrogens (tertiary/aromatic N) is 2. The zero-order valence-corrected chi connectivity index (χ0v) is 13.2. The molecular formula is C12H14Br2N2O2. The highest BCUT2D eigenvalue weighted by Gasteiger charge is 2.30. The first-order chi connectivity index (χ1) is 8.65. The van der Waals surface area contributed by atoms with E-state index in [-0.39, 0.29) is 18.6 Å². The van der Waals surface area contributed by atoms with Crippen LogP contribution in [-0.2, 0) is 14.9 Å². The third kappa shape index (κ3) is 2.92. The van der Waals surface area contributed by atoms with E-state index in [0.717, 1.165) is 21.9 Å². The maximum Gasteiger partial charge on any atom is 0.254 e. The van der Waals surface area contributed by atoms with Crippen LogP contribution in [0.3, 0.4) is 0 Å². The molecule has 18 heavy (non-hydrogen) atoms. The van der Waals surface area contributed by atoms with Gasteiger partial charge >= 0.3 is 0 Å². The van der Waals surface area contributed by atoms with Gasteiger partial charge in [-0.1, -0.05) is 22.9 Å². The van der Waals surface area contributed by atoms with Gasteiger partial charge in [0, 0.05) is 5.33 Å². The van der Waals surface area contributed by atoms with E-state index >= 15 is 0 Å². The molecule has 0 N–H and O–H groups in total. The molecular weight excluding hydrogens is 364 g/mol. The second-order valence-electron chi connectivity index (χ2n) is 4.13. The van der Waals surface area contributed by atoms with Gasteiger partial charge in [-0.25, -0.2) is 4.98 Å². The molecule has 1 aromatic heterocycles. The largest absolute Gasteiger partial charge is 0.369 e. The standard InChI is InChI=1S/C12H14Br2N2O2/c1-2-9-6-18-7-12(17)16(9)11-4-8(5-13)3-10(14)15-11/h3-4,9H,2,5-7H2,1H3/t9-/m0/s1. The number of aromatic nitrogens is 1. The summed E-state index contributed by atoms with van der Waals surface area (Å²) < 4.78 is 6.02. The fourth-order valence-electron chi connectivity index (χ4n) is 1.98. The molecule has 1 amide bonds. The lowest BCUT2D eigenvalue weighted by molar-refractivity contribution is -0.127. The van der Waals surface area contributed by atoms with Gasteiger partial charge in [-0.15, -0.1) is 0 Å².